The molecule has 0 aliphatic heterocycles. The number of benzene rings is 2. The first kappa shape index (κ1) is 16.0. The molecule has 1 heterocycles. The first-order chi connectivity index (χ1) is 11.9. The lowest BCUT2D eigenvalue weighted by Gasteiger charge is -2.12. The summed E-state index contributed by atoms with van der Waals surface area (Å²) < 4.78 is 7.74. The smallest absolute Gasteiger partial charge is 0.243 e. The maximum atomic E-state index is 5.97. The SMILES string of the molecule is CCCn1nnnc1NCc1ccccc1OCc1ccccc1. The molecule has 6 heteroatoms. The van der Waals surface area contributed by atoms with Gasteiger partial charge in [0.2, 0.25) is 5.95 Å². The third-order valence-corrected chi connectivity index (χ3v) is 3.61. The lowest BCUT2D eigenvalue weighted by molar-refractivity contribution is 0.303. The summed E-state index contributed by atoms with van der Waals surface area (Å²) in [5, 5.41) is 15.0. The summed E-state index contributed by atoms with van der Waals surface area (Å²) in [7, 11) is 0. The van der Waals surface area contributed by atoms with E-state index in [1.165, 1.54) is 0 Å². The molecule has 6 nitrogen and oxygen atoms in total. The Morgan fingerprint density at radius 3 is 2.67 bits per heavy atom. The molecule has 3 rings (SSSR count). The van der Waals surface area contributed by atoms with E-state index in [0.717, 1.165) is 29.8 Å². The Bertz CT molecular complexity index is 757. The van der Waals surface area contributed by atoms with Gasteiger partial charge in [0.05, 0.1) is 0 Å². The fraction of sp³-hybridized carbons (Fsp3) is 0.278. The number of hydrogen-bond donors (Lipinski definition) is 1. The molecule has 124 valence electrons. The predicted octanol–water partition coefficient (Wildman–Crippen LogP) is 3.27. The van der Waals surface area contributed by atoms with Gasteiger partial charge in [0.15, 0.2) is 0 Å². The average molecular weight is 323 g/mol. The zero-order valence-electron chi connectivity index (χ0n) is 13.7. The highest BCUT2D eigenvalue weighted by Gasteiger charge is 2.07. The molecule has 0 aliphatic carbocycles. The van der Waals surface area contributed by atoms with Gasteiger partial charge in [-0.2, -0.15) is 0 Å². The van der Waals surface area contributed by atoms with Crippen molar-refractivity contribution in [2.45, 2.75) is 33.0 Å². The number of rotatable bonds is 8. The van der Waals surface area contributed by atoms with Crippen LogP contribution in [0.15, 0.2) is 54.6 Å². The minimum atomic E-state index is 0.547. The standard InChI is InChI=1S/C18H21N5O/c1-2-12-23-18(20-21-22-23)19-13-16-10-6-7-11-17(16)24-14-15-8-4-3-5-9-15/h3-11H,2,12-14H2,1H3,(H,19,20,22). The second-order valence-electron chi connectivity index (χ2n) is 5.46. The third kappa shape index (κ3) is 4.10. The molecule has 0 radical (unpaired) electrons. The van der Waals surface area contributed by atoms with Crippen LogP contribution in [-0.2, 0) is 19.7 Å². The minimum absolute atomic E-state index is 0.547. The van der Waals surface area contributed by atoms with Crippen LogP contribution >= 0.6 is 0 Å². The third-order valence-electron chi connectivity index (χ3n) is 3.61. The number of aromatic nitrogens is 4. The summed E-state index contributed by atoms with van der Waals surface area (Å²) in [5.74, 6) is 1.54. The van der Waals surface area contributed by atoms with E-state index >= 15 is 0 Å². The fourth-order valence-electron chi connectivity index (χ4n) is 2.39. The normalized spacial score (nSPS) is 10.5. The molecule has 24 heavy (non-hydrogen) atoms. The molecule has 0 spiro atoms. The van der Waals surface area contributed by atoms with Gasteiger partial charge in [-0.05, 0) is 28.5 Å². The van der Waals surface area contributed by atoms with Crippen molar-refractivity contribution in [3.63, 3.8) is 0 Å². The Balaban J connectivity index is 1.64. The van der Waals surface area contributed by atoms with Crippen LogP contribution in [0.5, 0.6) is 5.75 Å². The molecule has 0 fully saturated rings. The molecule has 0 atom stereocenters. The fourth-order valence-corrected chi connectivity index (χ4v) is 2.39. The van der Waals surface area contributed by atoms with E-state index in [-0.39, 0.29) is 0 Å². The molecule has 0 saturated heterocycles. The number of para-hydroxylation sites is 1. The van der Waals surface area contributed by atoms with Gasteiger partial charge in [-0.3, -0.25) is 0 Å². The van der Waals surface area contributed by atoms with Crippen molar-refractivity contribution >= 4 is 5.95 Å². The van der Waals surface area contributed by atoms with Gasteiger partial charge >= 0.3 is 0 Å². The summed E-state index contributed by atoms with van der Waals surface area (Å²) in [6.45, 7) is 4.04. The molecule has 0 amide bonds. The highest BCUT2D eigenvalue weighted by atomic mass is 16.5. The van der Waals surface area contributed by atoms with Gasteiger partial charge in [0.25, 0.3) is 0 Å². The number of hydrogen-bond acceptors (Lipinski definition) is 5. The molecule has 0 saturated carbocycles. The van der Waals surface area contributed by atoms with Crippen LogP contribution in [0.2, 0.25) is 0 Å². The predicted molar refractivity (Wildman–Crippen MR) is 92.7 cm³/mol. The van der Waals surface area contributed by atoms with Crippen molar-refractivity contribution < 1.29 is 4.74 Å². The molecular formula is C18H21N5O. The molecule has 2 aromatic carbocycles. The molecule has 1 N–H and O–H groups in total. The van der Waals surface area contributed by atoms with E-state index in [1.54, 1.807) is 4.68 Å². The number of tetrazole rings is 1. The molecule has 0 bridgehead atoms. The van der Waals surface area contributed by atoms with Gasteiger partial charge in [-0.1, -0.05) is 60.6 Å². The van der Waals surface area contributed by atoms with Crippen molar-refractivity contribution in [3.05, 3.63) is 65.7 Å². The zero-order chi connectivity index (χ0) is 16.6. The monoisotopic (exact) mass is 323 g/mol. The minimum Gasteiger partial charge on any atom is -0.489 e. The van der Waals surface area contributed by atoms with E-state index in [1.807, 2.05) is 42.5 Å². The first-order valence-electron chi connectivity index (χ1n) is 8.11. The summed E-state index contributed by atoms with van der Waals surface area (Å²) in [5.41, 5.74) is 2.21. The molecule has 3 aromatic rings. The van der Waals surface area contributed by atoms with Crippen LogP contribution in [0.3, 0.4) is 0 Å². The number of nitrogens with zero attached hydrogens (tertiary/aromatic N) is 4. The van der Waals surface area contributed by atoms with E-state index in [2.05, 4.69) is 39.9 Å². The second-order valence-corrected chi connectivity index (χ2v) is 5.46. The molecule has 0 unspecified atom stereocenters. The van der Waals surface area contributed by atoms with Crippen LogP contribution < -0.4 is 10.1 Å². The topological polar surface area (TPSA) is 64.9 Å². The largest absolute Gasteiger partial charge is 0.489 e. The summed E-state index contributed by atoms with van der Waals surface area (Å²) in [6.07, 6.45) is 0.983. The number of aryl methyl sites for hydroxylation is 1. The van der Waals surface area contributed by atoms with Gasteiger partial charge in [0, 0.05) is 18.7 Å². The van der Waals surface area contributed by atoms with Crippen LogP contribution in [0, 0.1) is 0 Å². The van der Waals surface area contributed by atoms with E-state index in [9.17, 15) is 0 Å². The van der Waals surface area contributed by atoms with E-state index < -0.39 is 0 Å². The Hall–Kier alpha value is -2.89. The number of ether oxygens (including phenoxy) is 1. The Labute approximate surface area is 141 Å². The van der Waals surface area contributed by atoms with E-state index in [0.29, 0.717) is 19.1 Å². The van der Waals surface area contributed by atoms with Crippen molar-refractivity contribution in [2.24, 2.45) is 0 Å². The molecule has 0 aliphatic rings. The van der Waals surface area contributed by atoms with Crippen molar-refractivity contribution in [3.8, 4) is 5.75 Å². The maximum Gasteiger partial charge on any atom is 0.243 e. The molecular weight excluding hydrogens is 302 g/mol. The Morgan fingerprint density at radius 1 is 1.04 bits per heavy atom. The lowest BCUT2D eigenvalue weighted by atomic mass is 10.2. The summed E-state index contributed by atoms with van der Waals surface area (Å²) in [4.78, 5) is 0. The number of nitrogens with one attached hydrogen (secondary N) is 1. The van der Waals surface area contributed by atoms with Crippen LogP contribution in [0.4, 0.5) is 5.95 Å². The quantitative estimate of drug-likeness (QED) is 0.689. The van der Waals surface area contributed by atoms with Crippen molar-refractivity contribution in [2.75, 3.05) is 5.32 Å². The van der Waals surface area contributed by atoms with Gasteiger partial charge in [-0.15, -0.1) is 0 Å². The Kier molecular flexibility index (Phi) is 5.40. The highest BCUT2D eigenvalue weighted by Crippen LogP contribution is 2.20. The summed E-state index contributed by atoms with van der Waals surface area (Å²) >= 11 is 0. The van der Waals surface area contributed by atoms with Crippen LogP contribution in [-0.4, -0.2) is 20.2 Å². The van der Waals surface area contributed by atoms with Crippen LogP contribution in [0.25, 0.3) is 0 Å². The molecule has 1 aromatic heterocycles. The second kappa shape index (κ2) is 8.10. The lowest BCUT2D eigenvalue weighted by Crippen LogP contribution is -2.09. The van der Waals surface area contributed by atoms with Crippen molar-refractivity contribution in [1.29, 1.82) is 0 Å². The van der Waals surface area contributed by atoms with Crippen molar-refractivity contribution in [1.82, 2.24) is 20.2 Å². The van der Waals surface area contributed by atoms with Gasteiger partial charge in [-0.25, -0.2) is 4.68 Å². The first-order valence-corrected chi connectivity index (χ1v) is 8.11. The van der Waals surface area contributed by atoms with Gasteiger partial charge in [0.1, 0.15) is 12.4 Å². The summed E-state index contributed by atoms with van der Waals surface area (Å²) in [6, 6.07) is 18.1. The van der Waals surface area contributed by atoms with Gasteiger partial charge < -0.3 is 10.1 Å². The van der Waals surface area contributed by atoms with E-state index in [4.69, 9.17) is 4.74 Å². The average Bonchev–Trinajstić information content (AvgIpc) is 3.07. The maximum absolute atomic E-state index is 5.97. The highest BCUT2D eigenvalue weighted by molar-refractivity contribution is 5.36. The van der Waals surface area contributed by atoms with Crippen LogP contribution in [0.1, 0.15) is 24.5 Å². The Morgan fingerprint density at radius 2 is 1.83 bits per heavy atom. The number of anilines is 1. The zero-order valence-corrected chi connectivity index (χ0v) is 13.7.